The number of piperazine rings is 1. The van der Waals surface area contributed by atoms with Crippen LogP contribution in [0.15, 0.2) is 45.3 Å². The molecule has 0 aromatic heterocycles. The third-order valence-electron chi connectivity index (χ3n) is 8.75. The lowest BCUT2D eigenvalue weighted by Gasteiger charge is -2.39. The normalized spacial score (nSPS) is 19.1. The Labute approximate surface area is 274 Å². The number of urea groups is 1. The summed E-state index contributed by atoms with van der Waals surface area (Å²) in [5.41, 5.74) is 8.81. The van der Waals surface area contributed by atoms with Crippen LogP contribution in [0, 0.1) is 0 Å². The summed E-state index contributed by atoms with van der Waals surface area (Å²) in [6.07, 6.45) is 1.81. The molecule has 3 aliphatic rings. The molecule has 2 aromatic rings. The second-order valence-corrected chi connectivity index (χ2v) is 13.5. The van der Waals surface area contributed by atoms with E-state index in [2.05, 4.69) is 52.3 Å². The predicted octanol–water partition coefficient (Wildman–Crippen LogP) is 3.18. The van der Waals surface area contributed by atoms with Gasteiger partial charge in [0.15, 0.2) is 5.78 Å². The number of nitrogen functional groups attached to an aromatic ring is 1. The summed E-state index contributed by atoms with van der Waals surface area (Å²) < 4.78 is 1.14. The number of nitrogens with zero attached hydrogens (tertiary/aromatic N) is 4. The van der Waals surface area contributed by atoms with Gasteiger partial charge in [0.25, 0.3) is 0 Å². The van der Waals surface area contributed by atoms with Crippen LogP contribution < -0.4 is 16.4 Å². The number of amides is 4. The minimum absolute atomic E-state index is 0.00949. The lowest BCUT2D eigenvalue weighted by molar-refractivity contribution is -0.138. The van der Waals surface area contributed by atoms with Crippen molar-refractivity contribution in [2.24, 2.45) is 0 Å². The molecule has 2 saturated heterocycles. The van der Waals surface area contributed by atoms with Crippen LogP contribution in [0.3, 0.4) is 0 Å². The maximum absolute atomic E-state index is 13.9. The summed E-state index contributed by atoms with van der Waals surface area (Å²) in [6, 6.07) is 9.95. The Kier molecular flexibility index (Phi) is 10.6. The first-order valence-corrected chi connectivity index (χ1v) is 16.6. The average Bonchev–Trinajstić information content (AvgIpc) is 3.18. The van der Waals surface area contributed by atoms with Crippen molar-refractivity contribution < 1.29 is 19.2 Å². The van der Waals surface area contributed by atoms with Crippen molar-refractivity contribution in [1.82, 2.24) is 24.9 Å². The third-order valence-corrected chi connectivity index (χ3v) is 10.1. The van der Waals surface area contributed by atoms with Gasteiger partial charge in [-0.05, 0) is 81.9 Å². The molecule has 11 nitrogen and oxygen atoms in total. The molecule has 0 aliphatic carbocycles. The molecule has 0 unspecified atom stereocenters. The highest BCUT2D eigenvalue weighted by atomic mass is 79.9. The van der Waals surface area contributed by atoms with Gasteiger partial charge < -0.3 is 31.1 Å². The number of carbonyl (C=O) groups is 4. The van der Waals surface area contributed by atoms with E-state index in [0.29, 0.717) is 52.7 Å². The average molecular weight is 734 g/mol. The Morgan fingerprint density at radius 3 is 2.34 bits per heavy atom. The van der Waals surface area contributed by atoms with Crippen LogP contribution in [0.5, 0.6) is 0 Å². The van der Waals surface area contributed by atoms with Crippen LogP contribution in [0.25, 0.3) is 0 Å². The molecule has 0 radical (unpaired) electrons. The third kappa shape index (κ3) is 7.79. The van der Waals surface area contributed by atoms with Crippen molar-refractivity contribution in [3.63, 3.8) is 0 Å². The highest BCUT2D eigenvalue weighted by Gasteiger charge is 2.35. The number of ketones is 1. The number of halogens is 2. The number of nitrogens with two attached hydrogens (primary N) is 1. The molecule has 13 heteroatoms. The zero-order valence-corrected chi connectivity index (χ0v) is 28.0. The maximum atomic E-state index is 13.9. The molecule has 44 heavy (non-hydrogen) atoms. The van der Waals surface area contributed by atoms with Crippen molar-refractivity contribution in [1.29, 1.82) is 0 Å². The number of likely N-dealkylation sites (N-methyl/N-ethyl adjacent to an activating group) is 1. The molecule has 5 rings (SSSR count). The molecule has 3 aliphatic heterocycles. The first kappa shape index (κ1) is 32.4. The SMILES string of the molecule is CN1CCN(CC(=O)N[C@H](CC(=O)c2cc(Br)c(N)c(Br)c2)C(=O)N2CCC(N3CCc4ccccc4NC3=O)CC2)CC1. The molecule has 0 saturated carbocycles. The van der Waals surface area contributed by atoms with E-state index < -0.39 is 6.04 Å². The highest BCUT2D eigenvalue weighted by molar-refractivity contribution is 9.11. The molecule has 4 N–H and O–H groups in total. The van der Waals surface area contributed by atoms with Gasteiger partial charge in [-0.2, -0.15) is 0 Å². The lowest BCUT2D eigenvalue weighted by Crippen LogP contribution is -2.56. The van der Waals surface area contributed by atoms with Crippen molar-refractivity contribution in [3.05, 3.63) is 56.5 Å². The quantitative estimate of drug-likeness (QED) is 0.281. The van der Waals surface area contributed by atoms with Gasteiger partial charge in [-0.3, -0.25) is 19.3 Å². The fourth-order valence-corrected chi connectivity index (χ4v) is 7.24. The molecule has 0 bridgehead atoms. The highest BCUT2D eigenvalue weighted by Crippen LogP contribution is 2.30. The summed E-state index contributed by atoms with van der Waals surface area (Å²) in [4.78, 5) is 61.4. The van der Waals surface area contributed by atoms with Crippen LogP contribution in [0.4, 0.5) is 16.2 Å². The summed E-state index contributed by atoms with van der Waals surface area (Å²) in [6.45, 7) is 4.88. The van der Waals surface area contributed by atoms with E-state index in [1.54, 1.807) is 17.0 Å². The second kappa shape index (κ2) is 14.4. The number of likely N-dealkylation sites (tertiary alicyclic amines) is 1. The first-order chi connectivity index (χ1) is 21.1. The number of Topliss-reactive ketones (excluding diaryl/α,β-unsaturated/α-hetero) is 1. The van der Waals surface area contributed by atoms with Gasteiger partial charge in [0.05, 0.1) is 12.2 Å². The molecule has 2 fully saturated rings. The Hall–Kier alpha value is -3.00. The number of hydrogen-bond donors (Lipinski definition) is 3. The standard InChI is InChI=1S/C31H39Br2N7O4/c1-37-12-14-38(15-13-37)19-28(42)35-26(18-27(41)21-16-23(32)29(34)24(33)17-21)30(43)39-9-7-22(8-10-39)40-11-6-20-4-2-3-5-25(20)36-31(40)44/h2-5,16-17,22,26H,6-15,18-19,34H2,1H3,(H,35,42)(H,36,44)/t26-/m1/s1. The maximum Gasteiger partial charge on any atom is 0.322 e. The van der Waals surface area contributed by atoms with E-state index in [0.717, 1.165) is 43.9 Å². The van der Waals surface area contributed by atoms with Gasteiger partial charge in [0, 0.05) is 78.5 Å². The van der Waals surface area contributed by atoms with Crippen molar-refractivity contribution in [2.45, 2.75) is 37.8 Å². The van der Waals surface area contributed by atoms with Crippen molar-refractivity contribution in [3.8, 4) is 0 Å². The minimum Gasteiger partial charge on any atom is -0.397 e. The molecule has 236 valence electrons. The van der Waals surface area contributed by atoms with E-state index >= 15 is 0 Å². The summed E-state index contributed by atoms with van der Waals surface area (Å²) in [5.74, 6) is -0.846. The number of para-hydroxylation sites is 1. The zero-order chi connectivity index (χ0) is 31.4. The van der Waals surface area contributed by atoms with Gasteiger partial charge in [0.2, 0.25) is 11.8 Å². The molecular formula is C31H39Br2N7O4. The first-order valence-electron chi connectivity index (χ1n) is 15.0. The van der Waals surface area contributed by atoms with Gasteiger partial charge in [-0.15, -0.1) is 0 Å². The van der Waals surface area contributed by atoms with Crippen molar-refractivity contribution >= 4 is 66.9 Å². The number of hydrogen-bond acceptors (Lipinski definition) is 7. The second-order valence-electron chi connectivity index (χ2n) is 11.8. The fourth-order valence-electron chi connectivity index (χ4n) is 6.05. The minimum atomic E-state index is -1.01. The Morgan fingerprint density at radius 1 is 1.00 bits per heavy atom. The van der Waals surface area contributed by atoms with E-state index in [1.807, 2.05) is 36.2 Å². The van der Waals surface area contributed by atoms with E-state index in [-0.39, 0.29) is 42.6 Å². The van der Waals surface area contributed by atoms with Crippen LogP contribution in [-0.2, 0) is 16.0 Å². The smallest absolute Gasteiger partial charge is 0.322 e. The number of rotatable bonds is 8. The van der Waals surface area contributed by atoms with Crippen LogP contribution in [0.1, 0.15) is 35.2 Å². The number of nitrogens with one attached hydrogen (secondary N) is 2. The number of anilines is 2. The molecule has 3 heterocycles. The lowest BCUT2D eigenvalue weighted by atomic mass is 9.99. The Balaban J connectivity index is 1.24. The molecule has 1 atom stereocenters. The monoisotopic (exact) mass is 731 g/mol. The number of carbonyl (C=O) groups excluding carboxylic acids is 4. The largest absolute Gasteiger partial charge is 0.397 e. The van der Waals surface area contributed by atoms with E-state index in [1.165, 1.54) is 0 Å². The molecule has 4 amide bonds. The topological polar surface area (TPSA) is 131 Å². The number of fused-ring (bicyclic) bond motifs is 1. The Morgan fingerprint density at radius 2 is 1.66 bits per heavy atom. The summed E-state index contributed by atoms with van der Waals surface area (Å²) in [7, 11) is 2.05. The van der Waals surface area contributed by atoms with Gasteiger partial charge in [0.1, 0.15) is 6.04 Å². The zero-order valence-electron chi connectivity index (χ0n) is 24.9. The number of benzene rings is 2. The molecule has 2 aromatic carbocycles. The predicted molar refractivity (Wildman–Crippen MR) is 177 cm³/mol. The fraction of sp³-hybridized carbons (Fsp3) is 0.484. The summed E-state index contributed by atoms with van der Waals surface area (Å²) in [5, 5.41) is 5.91. The van der Waals surface area contributed by atoms with Crippen LogP contribution in [0.2, 0.25) is 0 Å². The van der Waals surface area contributed by atoms with Gasteiger partial charge in [-0.25, -0.2) is 4.79 Å². The van der Waals surface area contributed by atoms with Crippen molar-refractivity contribution in [2.75, 3.05) is 70.5 Å². The van der Waals surface area contributed by atoms with Crippen LogP contribution in [-0.4, -0.2) is 115 Å². The van der Waals surface area contributed by atoms with E-state index in [4.69, 9.17) is 5.73 Å². The van der Waals surface area contributed by atoms with Gasteiger partial charge >= 0.3 is 6.03 Å². The Bertz CT molecular complexity index is 1380. The number of piperidine rings is 1. The van der Waals surface area contributed by atoms with Gasteiger partial charge in [-0.1, -0.05) is 18.2 Å². The molecular weight excluding hydrogens is 694 g/mol. The molecule has 0 spiro atoms. The van der Waals surface area contributed by atoms with Crippen LogP contribution >= 0.6 is 31.9 Å². The summed E-state index contributed by atoms with van der Waals surface area (Å²) >= 11 is 6.77. The van der Waals surface area contributed by atoms with E-state index in [9.17, 15) is 19.2 Å².